The monoisotopic (exact) mass is 264 g/mol. The highest BCUT2D eigenvalue weighted by Crippen LogP contribution is 2.25. The third-order valence-corrected chi connectivity index (χ3v) is 3.10. The normalized spacial score (nSPS) is 14.8. The number of carbonyl (C=O) groups excluding carboxylic acids is 1. The van der Waals surface area contributed by atoms with E-state index in [1.165, 1.54) is 0 Å². The zero-order chi connectivity index (χ0) is 14.6. The summed E-state index contributed by atoms with van der Waals surface area (Å²) in [5, 5.41) is 12.1. The minimum absolute atomic E-state index is 0.0969. The molecule has 0 fully saturated rings. The third kappa shape index (κ3) is 4.33. The van der Waals surface area contributed by atoms with E-state index in [1.807, 2.05) is 24.3 Å². The van der Waals surface area contributed by atoms with Crippen LogP contribution in [-0.4, -0.2) is 29.7 Å². The number of rotatable bonds is 4. The lowest BCUT2D eigenvalue weighted by Crippen LogP contribution is -2.44. The van der Waals surface area contributed by atoms with E-state index in [0.717, 1.165) is 5.56 Å². The molecule has 0 aromatic heterocycles. The van der Waals surface area contributed by atoms with Crippen molar-refractivity contribution in [2.45, 2.75) is 45.3 Å². The van der Waals surface area contributed by atoms with Crippen molar-refractivity contribution in [3.8, 4) is 0 Å². The predicted octanol–water partition coefficient (Wildman–Crippen LogP) is 1.42. The lowest BCUT2D eigenvalue weighted by molar-refractivity contribution is 0.0935. The Morgan fingerprint density at radius 3 is 2.47 bits per heavy atom. The minimum Gasteiger partial charge on any atom is -0.392 e. The zero-order valence-corrected chi connectivity index (χ0v) is 12.1. The summed E-state index contributed by atoms with van der Waals surface area (Å²) in [7, 11) is 0. The Bertz CT molecular complexity index is 436. The van der Waals surface area contributed by atoms with Crippen molar-refractivity contribution in [3.05, 3.63) is 35.4 Å². The number of nitrogens with one attached hydrogen (secondary N) is 1. The van der Waals surface area contributed by atoms with Gasteiger partial charge in [-0.25, -0.2) is 0 Å². The maximum absolute atomic E-state index is 12.2. The Morgan fingerprint density at radius 2 is 1.95 bits per heavy atom. The van der Waals surface area contributed by atoms with Crippen LogP contribution in [0.15, 0.2) is 24.3 Å². The molecule has 0 aliphatic heterocycles. The number of benzene rings is 1. The van der Waals surface area contributed by atoms with E-state index in [0.29, 0.717) is 5.56 Å². The van der Waals surface area contributed by atoms with Gasteiger partial charge in [-0.15, -0.1) is 0 Å². The second-order valence-corrected chi connectivity index (χ2v) is 5.91. The maximum Gasteiger partial charge on any atom is 0.251 e. The van der Waals surface area contributed by atoms with Crippen LogP contribution >= 0.6 is 0 Å². The van der Waals surface area contributed by atoms with Gasteiger partial charge >= 0.3 is 0 Å². The van der Waals surface area contributed by atoms with Crippen LogP contribution in [-0.2, 0) is 5.41 Å². The SMILES string of the molecule is CC(O)C(N)CNC(=O)c1ccccc1C(C)(C)C. The van der Waals surface area contributed by atoms with Crippen molar-refractivity contribution < 1.29 is 9.90 Å². The summed E-state index contributed by atoms with van der Waals surface area (Å²) in [6, 6.07) is 7.09. The van der Waals surface area contributed by atoms with Crippen molar-refractivity contribution in [1.82, 2.24) is 5.32 Å². The number of hydrogen-bond acceptors (Lipinski definition) is 3. The fourth-order valence-electron chi connectivity index (χ4n) is 1.81. The van der Waals surface area contributed by atoms with Crippen molar-refractivity contribution >= 4 is 5.91 Å². The first-order chi connectivity index (χ1) is 8.73. The molecule has 0 radical (unpaired) electrons. The van der Waals surface area contributed by atoms with Gasteiger partial charge in [0.1, 0.15) is 0 Å². The van der Waals surface area contributed by atoms with Crippen molar-refractivity contribution in [2.24, 2.45) is 5.73 Å². The van der Waals surface area contributed by atoms with Crippen LogP contribution in [0.5, 0.6) is 0 Å². The molecule has 4 nitrogen and oxygen atoms in total. The Labute approximate surface area is 115 Å². The van der Waals surface area contributed by atoms with Crippen molar-refractivity contribution in [1.29, 1.82) is 0 Å². The molecule has 2 atom stereocenters. The molecule has 4 heteroatoms. The van der Waals surface area contributed by atoms with Crippen LogP contribution in [0.2, 0.25) is 0 Å². The van der Waals surface area contributed by atoms with E-state index in [4.69, 9.17) is 5.73 Å². The molecular formula is C15H24N2O2. The summed E-state index contributed by atoms with van der Waals surface area (Å²) < 4.78 is 0. The smallest absolute Gasteiger partial charge is 0.251 e. The molecule has 1 amide bonds. The number of carbonyl (C=O) groups is 1. The molecule has 2 unspecified atom stereocenters. The highest BCUT2D eigenvalue weighted by molar-refractivity contribution is 5.96. The number of hydrogen-bond donors (Lipinski definition) is 3. The largest absolute Gasteiger partial charge is 0.392 e. The van der Waals surface area contributed by atoms with Gasteiger partial charge in [0.2, 0.25) is 0 Å². The Balaban J connectivity index is 2.83. The molecule has 0 aliphatic rings. The molecule has 1 rings (SSSR count). The molecule has 0 saturated carbocycles. The van der Waals surface area contributed by atoms with Gasteiger partial charge in [-0.3, -0.25) is 4.79 Å². The average molecular weight is 264 g/mol. The summed E-state index contributed by atoms with van der Waals surface area (Å²) in [6.45, 7) is 8.08. The number of amides is 1. The van der Waals surface area contributed by atoms with Crippen LogP contribution in [0.3, 0.4) is 0 Å². The first kappa shape index (κ1) is 15.7. The second-order valence-electron chi connectivity index (χ2n) is 5.91. The van der Waals surface area contributed by atoms with Crippen LogP contribution in [0.25, 0.3) is 0 Å². The molecule has 4 N–H and O–H groups in total. The quantitative estimate of drug-likeness (QED) is 0.770. The standard InChI is InChI=1S/C15H24N2O2/c1-10(18)13(16)9-17-14(19)11-7-5-6-8-12(11)15(2,3)4/h5-8,10,13,18H,9,16H2,1-4H3,(H,17,19). The van der Waals surface area contributed by atoms with E-state index >= 15 is 0 Å². The Morgan fingerprint density at radius 1 is 1.37 bits per heavy atom. The average Bonchev–Trinajstić information content (AvgIpc) is 2.34. The van der Waals surface area contributed by atoms with Gasteiger partial charge in [0, 0.05) is 18.2 Å². The molecule has 0 aliphatic carbocycles. The lowest BCUT2D eigenvalue weighted by Gasteiger charge is -2.23. The first-order valence-electron chi connectivity index (χ1n) is 6.55. The lowest BCUT2D eigenvalue weighted by atomic mass is 9.83. The fraction of sp³-hybridized carbons (Fsp3) is 0.533. The summed E-state index contributed by atoms with van der Waals surface area (Å²) in [5.74, 6) is -0.151. The summed E-state index contributed by atoms with van der Waals surface area (Å²) in [6.07, 6.45) is -0.641. The van der Waals surface area contributed by atoms with Gasteiger partial charge in [-0.05, 0) is 24.0 Å². The van der Waals surface area contributed by atoms with Crippen LogP contribution < -0.4 is 11.1 Å². The summed E-state index contributed by atoms with van der Waals surface area (Å²) >= 11 is 0. The van der Waals surface area contributed by atoms with Gasteiger partial charge in [-0.2, -0.15) is 0 Å². The van der Waals surface area contributed by atoms with Gasteiger partial charge in [0.15, 0.2) is 0 Å². The number of nitrogens with two attached hydrogens (primary N) is 1. The van der Waals surface area contributed by atoms with Crippen LogP contribution in [0.4, 0.5) is 0 Å². The summed E-state index contributed by atoms with van der Waals surface area (Å²) in [4.78, 5) is 12.2. The highest BCUT2D eigenvalue weighted by atomic mass is 16.3. The van der Waals surface area contributed by atoms with Crippen molar-refractivity contribution in [3.63, 3.8) is 0 Å². The zero-order valence-electron chi connectivity index (χ0n) is 12.1. The van der Waals surface area contributed by atoms with Crippen molar-refractivity contribution in [2.75, 3.05) is 6.54 Å². The Hall–Kier alpha value is -1.39. The molecule has 0 heterocycles. The molecule has 0 spiro atoms. The van der Waals surface area contributed by atoms with Gasteiger partial charge in [0.05, 0.1) is 6.10 Å². The molecule has 0 saturated heterocycles. The van der Waals surface area contributed by atoms with Crippen LogP contribution in [0.1, 0.15) is 43.6 Å². The highest BCUT2D eigenvalue weighted by Gasteiger charge is 2.21. The molecule has 1 aromatic rings. The van der Waals surface area contributed by atoms with Gasteiger partial charge in [0.25, 0.3) is 5.91 Å². The number of aliphatic hydroxyl groups is 1. The topological polar surface area (TPSA) is 75.3 Å². The van der Waals surface area contributed by atoms with Crippen LogP contribution in [0, 0.1) is 0 Å². The predicted molar refractivity (Wildman–Crippen MR) is 77.1 cm³/mol. The molecule has 19 heavy (non-hydrogen) atoms. The van der Waals surface area contributed by atoms with Gasteiger partial charge in [-0.1, -0.05) is 39.0 Å². The molecule has 106 valence electrons. The van der Waals surface area contributed by atoms with E-state index < -0.39 is 12.1 Å². The van der Waals surface area contributed by atoms with E-state index in [-0.39, 0.29) is 17.9 Å². The molecular weight excluding hydrogens is 240 g/mol. The first-order valence-corrected chi connectivity index (χ1v) is 6.55. The molecule has 0 bridgehead atoms. The summed E-state index contributed by atoms with van der Waals surface area (Å²) in [5.41, 5.74) is 7.26. The third-order valence-electron chi connectivity index (χ3n) is 3.10. The Kier molecular flexibility index (Phi) is 5.09. The maximum atomic E-state index is 12.2. The van der Waals surface area contributed by atoms with Gasteiger partial charge < -0.3 is 16.2 Å². The van der Waals surface area contributed by atoms with E-state index in [9.17, 15) is 9.90 Å². The second kappa shape index (κ2) is 6.17. The fourth-order valence-corrected chi connectivity index (χ4v) is 1.81. The number of aliphatic hydroxyl groups excluding tert-OH is 1. The molecule has 1 aromatic carbocycles. The van der Waals surface area contributed by atoms with E-state index in [1.54, 1.807) is 6.92 Å². The van der Waals surface area contributed by atoms with E-state index in [2.05, 4.69) is 26.1 Å². The minimum atomic E-state index is -0.641.